The normalized spacial score (nSPS) is 12.1. The first-order valence-corrected chi connectivity index (χ1v) is 9.85. The van der Waals surface area contributed by atoms with E-state index in [0.29, 0.717) is 60.6 Å². The molecule has 0 spiro atoms. The summed E-state index contributed by atoms with van der Waals surface area (Å²) in [6.45, 7) is 5.45. The first-order chi connectivity index (χ1) is 14.5. The van der Waals surface area contributed by atoms with Crippen molar-refractivity contribution < 1.29 is 28.5 Å². The molecule has 8 heteroatoms. The van der Waals surface area contributed by atoms with E-state index in [4.69, 9.17) is 18.9 Å². The summed E-state index contributed by atoms with van der Waals surface area (Å²) in [6.07, 6.45) is 0. The largest absolute Gasteiger partial charge is 0.493 e. The number of fused-ring (bicyclic) bond motifs is 1. The van der Waals surface area contributed by atoms with Gasteiger partial charge in [-0.3, -0.25) is 9.59 Å². The van der Waals surface area contributed by atoms with Crippen molar-refractivity contribution >= 4 is 17.5 Å². The molecule has 0 fully saturated rings. The summed E-state index contributed by atoms with van der Waals surface area (Å²) < 4.78 is 21.8. The fraction of sp³-hybridized carbons (Fsp3) is 0.364. The van der Waals surface area contributed by atoms with Gasteiger partial charge in [-0.25, -0.2) is 0 Å². The maximum atomic E-state index is 12.9. The molecule has 8 nitrogen and oxygen atoms in total. The summed E-state index contributed by atoms with van der Waals surface area (Å²) in [7, 11) is 1.52. The molecule has 0 bridgehead atoms. The summed E-state index contributed by atoms with van der Waals surface area (Å²) in [5.41, 5.74) is 1.000. The maximum absolute atomic E-state index is 12.9. The van der Waals surface area contributed by atoms with Crippen LogP contribution >= 0.6 is 0 Å². The number of carbonyl (C=O) groups is 2. The lowest BCUT2D eigenvalue weighted by molar-refractivity contribution is -0.116. The van der Waals surface area contributed by atoms with Crippen molar-refractivity contribution in [1.29, 1.82) is 0 Å². The van der Waals surface area contributed by atoms with E-state index in [0.717, 1.165) is 0 Å². The van der Waals surface area contributed by atoms with Crippen LogP contribution in [-0.2, 0) is 4.79 Å². The monoisotopic (exact) mass is 414 g/mol. The molecule has 0 unspecified atom stereocenters. The first-order valence-electron chi connectivity index (χ1n) is 9.85. The van der Waals surface area contributed by atoms with Gasteiger partial charge in [0, 0.05) is 23.9 Å². The van der Waals surface area contributed by atoms with Gasteiger partial charge in [-0.15, -0.1) is 0 Å². The van der Waals surface area contributed by atoms with Crippen LogP contribution in [-0.4, -0.2) is 56.7 Å². The second kappa shape index (κ2) is 9.87. The molecule has 3 rings (SSSR count). The Morgan fingerprint density at radius 2 is 1.80 bits per heavy atom. The minimum Gasteiger partial charge on any atom is -0.493 e. The Balaban J connectivity index is 1.67. The molecular weight excluding hydrogens is 388 g/mol. The molecule has 160 valence electrons. The molecule has 1 N–H and O–H groups in total. The van der Waals surface area contributed by atoms with Gasteiger partial charge in [0.2, 0.25) is 5.91 Å². The summed E-state index contributed by atoms with van der Waals surface area (Å²) in [5.74, 6) is 1.70. The molecule has 2 aromatic rings. The van der Waals surface area contributed by atoms with Gasteiger partial charge in [0.25, 0.3) is 5.91 Å². The molecule has 1 heterocycles. The smallest absolute Gasteiger partial charge is 0.254 e. The van der Waals surface area contributed by atoms with Crippen LogP contribution in [0.25, 0.3) is 0 Å². The zero-order valence-electron chi connectivity index (χ0n) is 17.4. The molecular formula is C22H26N2O6. The highest BCUT2D eigenvalue weighted by Gasteiger charge is 2.20. The minimum atomic E-state index is -0.306. The van der Waals surface area contributed by atoms with Crippen molar-refractivity contribution in [3.05, 3.63) is 42.0 Å². The molecule has 0 saturated heterocycles. The number of anilines is 1. The minimum absolute atomic E-state index is 0.0840. The van der Waals surface area contributed by atoms with Crippen LogP contribution in [0.1, 0.15) is 24.2 Å². The van der Waals surface area contributed by atoms with E-state index in [9.17, 15) is 9.59 Å². The molecule has 0 saturated carbocycles. The van der Waals surface area contributed by atoms with Crippen LogP contribution in [0.4, 0.5) is 5.69 Å². The Morgan fingerprint density at radius 3 is 2.50 bits per heavy atom. The average Bonchev–Trinajstić information content (AvgIpc) is 2.77. The second-order valence-corrected chi connectivity index (χ2v) is 6.52. The van der Waals surface area contributed by atoms with Gasteiger partial charge >= 0.3 is 0 Å². The molecule has 30 heavy (non-hydrogen) atoms. The number of hydrogen-bond acceptors (Lipinski definition) is 6. The number of ether oxygens (including phenoxy) is 4. The molecule has 0 radical (unpaired) electrons. The number of amides is 2. The molecule has 2 amide bonds. The van der Waals surface area contributed by atoms with E-state index in [2.05, 4.69) is 5.32 Å². The average molecular weight is 414 g/mol. The first kappa shape index (κ1) is 21.3. The van der Waals surface area contributed by atoms with Gasteiger partial charge in [0.15, 0.2) is 23.0 Å². The van der Waals surface area contributed by atoms with E-state index in [1.54, 1.807) is 36.4 Å². The lowest BCUT2D eigenvalue weighted by Crippen LogP contribution is -2.37. The summed E-state index contributed by atoms with van der Waals surface area (Å²) in [4.78, 5) is 26.9. The number of carbonyl (C=O) groups excluding carboxylic acids is 2. The van der Waals surface area contributed by atoms with Crippen molar-refractivity contribution in [3.8, 4) is 23.0 Å². The third-order valence-electron chi connectivity index (χ3n) is 4.54. The summed E-state index contributed by atoms with van der Waals surface area (Å²) in [5, 5.41) is 2.80. The number of rotatable bonds is 8. The highest BCUT2D eigenvalue weighted by atomic mass is 16.6. The van der Waals surface area contributed by atoms with Crippen LogP contribution in [0, 0.1) is 0 Å². The molecule has 1 aliphatic rings. The SMILES string of the molecule is CCOc1ccc(C(=O)N(CC)CC(=O)Nc2ccc3c(c2)OCCO3)cc1OC. The van der Waals surface area contributed by atoms with E-state index >= 15 is 0 Å². The maximum Gasteiger partial charge on any atom is 0.254 e. The Hall–Kier alpha value is -3.42. The number of hydrogen-bond donors (Lipinski definition) is 1. The predicted molar refractivity (Wildman–Crippen MR) is 112 cm³/mol. The van der Waals surface area contributed by atoms with Gasteiger partial charge in [0.1, 0.15) is 19.8 Å². The quantitative estimate of drug-likeness (QED) is 0.715. The highest BCUT2D eigenvalue weighted by Crippen LogP contribution is 2.32. The Bertz CT molecular complexity index is 914. The van der Waals surface area contributed by atoms with Crippen molar-refractivity contribution in [2.75, 3.05) is 45.3 Å². The second-order valence-electron chi connectivity index (χ2n) is 6.52. The molecule has 2 aromatic carbocycles. The highest BCUT2D eigenvalue weighted by molar-refractivity contribution is 5.99. The van der Waals surface area contributed by atoms with Gasteiger partial charge in [0.05, 0.1) is 13.7 Å². The van der Waals surface area contributed by atoms with E-state index in [1.165, 1.54) is 12.0 Å². The van der Waals surface area contributed by atoms with Crippen LogP contribution in [0.2, 0.25) is 0 Å². The Morgan fingerprint density at radius 1 is 1.03 bits per heavy atom. The lowest BCUT2D eigenvalue weighted by Gasteiger charge is -2.22. The van der Waals surface area contributed by atoms with E-state index in [1.807, 2.05) is 13.8 Å². The van der Waals surface area contributed by atoms with Crippen molar-refractivity contribution in [2.45, 2.75) is 13.8 Å². The standard InChI is InChI=1S/C22H26N2O6/c1-4-24(22(26)15-6-8-17(28-5-2)19(12-15)27-3)14-21(25)23-16-7-9-18-20(13-16)30-11-10-29-18/h6-9,12-13H,4-5,10-11,14H2,1-3H3,(H,23,25). The number of nitrogens with one attached hydrogen (secondary N) is 1. The Kier molecular flexibility index (Phi) is 7.00. The van der Waals surface area contributed by atoms with Gasteiger partial charge in [-0.05, 0) is 44.2 Å². The van der Waals surface area contributed by atoms with E-state index < -0.39 is 0 Å². The molecule has 0 aliphatic carbocycles. The third-order valence-corrected chi connectivity index (χ3v) is 4.54. The molecule has 0 aromatic heterocycles. The lowest BCUT2D eigenvalue weighted by atomic mass is 10.1. The number of likely N-dealkylation sites (N-methyl/N-ethyl adjacent to an activating group) is 1. The third kappa shape index (κ3) is 4.94. The van der Waals surface area contributed by atoms with Crippen molar-refractivity contribution in [3.63, 3.8) is 0 Å². The Labute approximate surface area is 175 Å². The zero-order valence-corrected chi connectivity index (χ0v) is 17.4. The fourth-order valence-electron chi connectivity index (χ4n) is 3.08. The van der Waals surface area contributed by atoms with Crippen LogP contribution in [0.5, 0.6) is 23.0 Å². The van der Waals surface area contributed by atoms with Crippen LogP contribution in [0.15, 0.2) is 36.4 Å². The number of methoxy groups -OCH3 is 1. The molecule has 1 aliphatic heterocycles. The zero-order chi connectivity index (χ0) is 21.5. The molecule has 0 atom stereocenters. The van der Waals surface area contributed by atoms with E-state index in [-0.39, 0.29) is 18.4 Å². The van der Waals surface area contributed by atoms with Gasteiger partial charge in [-0.2, -0.15) is 0 Å². The van der Waals surface area contributed by atoms with Gasteiger partial charge < -0.3 is 29.2 Å². The number of nitrogens with zero attached hydrogens (tertiary/aromatic N) is 1. The summed E-state index contributed by atoms with van der Waals surface area (Å²) in [6, 6.07) is 10.2. The van der Waals surface area contributed by atoms with Crippen LogP contribution in [0.3, 0.4) is 0 Å². The number of benzene rings is 2. The van der Waals surface area contributed by atoms with Crippen molar-refractivity contribution in [1.82, 2.24) is 4.90 Å². The van der Waals surface area contributed by atoms with Crippen molar-refractivity contribution in [2.24, 2.45) is 0 Å². The van der Waals surface area contributed by atoms with Gasteiger partial charge in [-0.1, -0.05) is 0 Å². The summed E-state index contributed by atoms with van der Waals surface area (Å²) >= 11 is 0. The van der Waals surface area contributed by atoms with Crippen LogP contribution < -0.4 is 24.3 Å². The predicted octanol–water partition coefficient (Wildman–Crippen LogP) is 2.97. The fourth-order valence-corrected chi connectivity index (χ4v) is 3.08. The topological polar surface area (TPSA) is 86.3 Å².